The van der Waals surface area contributed by atoms with Gasteiger partial charge >= 0.3 is 5.97 Å². The molecule has 160 valence electrons. The normalized spacial score (nSPS) is 10.4. The molecule has 0 saturated heterocycles. The number of esters is 1. The number of nitrogens with one attached hydrogen (secondary N) is 1. The summed E-state index contributed by atoms with van der Waals surface area (Å²) in [6, 6.07) is 18.4. The lowest BCUT2D eigenvalue weighted by atomic mass is 10.2. The Morgan fingerprint density at radius 2 is 1.94 bits per heavy atom. The first kappa shape index (κ1) is 22.7. The Hall–Kier alpha value is -4.03. The Balaban J connectivity index is 1.54. The fourth-order valence-electron chi connectivity index (χ4n) is 2.51. The molecule has 9 heteroatoms. The maximum absolute atomic E-state index is 13.3. The van der Waals surface area contributed by atoms with Crippen LogP contribution in [0.4, 0.5) is 4.39 Å². The highest BCUT2D eigenvalue weighted by atomic mass is 79.9. The maximum atomic E-state index is 13.3. The zero-order valence-electron chi connectivity index (χ0n) is 16.4. The molecule has 0 aliphatic carbocycles. The predicted octanol–water partition coefficient (Wildman–Crippen LogP) is 4.21. The van der Waals surface area contributed by atoms with Gasteiger partial charge in [0.05, 0.1) is 17.3 Å². The Morgan fingerprint density at radius 1 is 1.12 bits per heavy atom. The Morgan fingerprint density at radius 3 is 2.72 bits per heavy atom. The van der Waals surface area contributed by atoms with Crippen LogP contribution in [-0.4, -0.2) is 24.7 Å². The van der Waals surface area contributed by atoms with Gasteiger partial charge in [0.1, 0.15) is 23.4 Å². The summed E-state index contributed by atoms with van der Waals surface area (Å²) in [6.07, 6.45) is 1.36. The van der Waals surface area contributed by atoms with Crippen LogP contribution in [0.5, 0.6) is 11.5 Å². The molecule has 32 heavy (non-hydrogen) atoms. The van der Waals surface area contributed by atoms with Gasteiger partial charge in [-0.3, -0.25) is 4.79 Å². The first-order chi connectivity index (χ1) is 15.4. The van der Waals surface area contributed by atoms with E-state index in [0.717, 1.165) is 10.5 Å². The molecule has 0 spiro atoms. The summed E-state index contributed by atoms with van der Waals surface area (Å²) in [6.45, 7) is -0.334. The summed E-state index contributed by atoms with van der Waals surface area (Å²) in [5.74, 6) is -1.25. The lowest BCUT2D eigenvalue weighted by molar-refractivity contribution is -0.123. The summed E-state index contributed by atoms with van der Waals surface area (Å²) in [7, 11) is 0. The molecule has 7 nitrogen and oxygen atoms in total. The first-order valence-corrected chi connectivity index (χ1v) is 9.96. The fourth-order valence-corrected chi connectivity index (χ4v) is 2.87. The van der Waals surface area contributed by atoms with Crippen LogP contribution in [0.25, 0.3) is 0 Å². The van der Waals surface area contributed by atoms with E-state index in [2.05, 4.69) is 26.5 Å². The number of carbonyl (C=O) groups is 2. The van der Waals surface area contributed by atoms with Crippen molar-refractivity contribution in [1.29, 1.82) is 5.26 Å². The lowest BCUT2D eigenvalue weighted by Gasteiger charge is -2.07. The monoisotopic (exact) mass is 495 g/mol. The molecule has 3 rings (SSSR count). The number of hydrogen-bond acceptors (Lipinski definition) is 6. The van der Waals surface area contributed by atoms with E-state index in [9.17, 15) is 14.0 Å². The van der Waals surface area contributed by atoms with Gasteiger partial charge < -0.3 is 9.47 Å². The number of hydrazone groups is 1. The number of nitriles is 1. The van der Waals surface area contributed by atoms with Crippen molar-refractivity contribution in [3.8, 4) is 17.6 Å². The second kappa shape index (κ2) is 10.8. The summed E-state index contributed by atoms with van der Waals surface area (Å²) in [4.78, 5) is 24.0. The van der Waals surface area contributed by atoms with Crippen LogP contribution < -0.4 is 14.9 Å². The van der Waals surface area contributed by atoms with E-state index in [1.807, 2.05) is 6.07 Å². The lowest BCUT2D eigenvalue weighted by Crippen LogP contribution is -2.24. The number of halogens is 2. The van der Waals surface area contributed by atoms with Crippen LogP contribution in [0.15, 0.2) is 76.3 Å². The van der Waals surface area contributed by atoms with Crippen LogP contribution in [0.3, 0.4) is 0 Å². The highest BCUT2D eigenvalue weighted by Gasteiger charge is 2.10. The molecule has 0 bridgehead atoms. The van der Waals surface area contributed by atoms with Gasteiger partial charge in [0.25, 0.3) is 5.91 Å². The third-order valence-corrected chi connectivity index (χ3v) is 4.45. The molecule has 0 atom stereocenters. The topological polar surface area (TPSA) is 101 Å². The predicted molar refractivity (Wildman–Crippen MR) is 118 cm³/mol. The summed E-state index contributed by atoms with van der Waals surface area (Å²) >= 11 is 3.26. The molecule has 3 aromatic rings. The molecule has 0 aliphatic heterocycles. The molecule has 0 aromatic heterocycles. The van der Waals surface area contributed by atoms with Crippen molar-refractivity contribution < 1.29 is 23.5 Å². The van der Waals surface area contributed by atoms with Crippen molar-refractivity contribution in [2.45, 2.75) is 0 Å². The molecule has 3 aromatic carbocycles. The molecule has 0 fully saturated rings. The van der Waals surface area contributed by atoms with E-state index >= 15 is 0 Å². The number of nitrogens with zero attached hydrogens (tertiary/aromatic N) is 2. The van der Waals surface area contributed by atoms with Crippen LogP contribution >= 0.6 is 15.9 Å². The van der Waals surface area contributed by atoms with E-state index < -0.39 is 17.7 Å². The van der Waals surface area contributed by atoms with E-state index in [1.165, 1.54) is 30.5 Å². The van der Waals surface area contributed by atoms with Gasteiger partial charge in [-0.2, -0.15) is 10.4 Å². The Kier molecular flexibility index (Phi) is 7.67. The molecule has 0 aliphatic rings. The number of benzene rings is 3. The van der Waals surface area contributed by atoms with Crippen molar-refractivity contribution in [2.24, 2.45) is 5.10 Å². The van der Waals surface area contributed by atoms with Crippen LogP contribution in [0.1, 0.15) is 21.5 Å². The van der Waals surface area contributed by atoms with E-state index in [0.29, 0.717) is 11.1 Å². The number of hydrogen-bond donors (Lipinski definition) is 1. The van der Waals surface area contributed by atoms with E-state index in [4.69, 9.17) is 14.7 Å². The van der Waals surface area contributed by atoms with Crippen molar-refractivity contribution >= 4 is 34.0 Å². The molecule has 1 amide bonds. The largest absolute Gasteiger partial charge is 0.482 e. The molecule has 0 unspecified atom stereocenters. The summed E-state index contributed by atoms with van der Waals surface area (Å²) in [5.41, 5.74) is 3.23. The number of amides is 1. The minimum atomic E-state index is -0.700. The Labute approximate surface area is 191 Å². The van der Waals surface area contributed by atoms with Crippen molar-refractivity contribution in [1.82, 2.24) is 5.43 Å². The highest BCUT2D eigenvalue weighted by molar-refractivity contribution is 9.10. The van der Waals surface area contributed by atoms with Crippen molar-refractivity contribution in [2.75, 3.05) is 6.61 Å². The smallest absolute Gasteiger partial charge is 0.343 e. The van der Waals surface area contributed by atoms with Crippen LogP contribution in [0.2, 0.25) is 0 Å². The second-order valence-electron chi connectivity index (χ2n) is 6.31. The number of ether oxygens (including phenoxy) is 2. The molecule has 0 radical (unpaired) electrons. The quantitative estimate of drug-likeness (QED) is 0.229. The van der Waals surface area contributed by atoms with E-state index in [-0.39, 0.29) is 23.7 Å². The fraction of sp³-hybridized carbons (Fsp3) is 0.0435. The standard InChI is InChI=1S/C23H15BrFN3O4/c24-18-7-8-21(17(10-18)12-26)31-14-22(29)28-27-13-15-3-1-6-20(9-15)32-23(30)16-4-2-5-19(25)11-16/h1-11,13H,14H2,(H,28,29)/b27-13+. The zero-order valence-corrected chi connectivity index (χ0v) is 18.0. The third-order valence-electron chi connectivity index (χ3n) is 3.95. The second-order valence-corrected chi connectivity index (χ2v) is 7.22. The van der Waals surface area contributed by atoms with Gasteiger partial charge in [0, 0.05) is 4.47 Å². The number of carbonyl (C=O) groups excluding carboxylic acids is 2. The van der Waals surface area contributed by atoms with Crippen LogP contribution in [-0.2, 0) is 4.79 Å². The zero-order chi connectivity index (χ0) is 22.9. The van der Waals surface area contributed by atoms with E-state index in [1.54, 1.807) is 36.4 Å². The molecular formula is C23H15BrFN3O4. The van der Waals surface area contributed by atoms with Gasteiger partial charge in [-0.05, 0) is 54.1 Å². The SMILES string of the molecule is N#Cc1cc(Br)ccc1OCC(=O)N/N=C/c1cccc(OC(=O)c2cccc(F)c2)c1. The summed E-state index contributed by atoms with van der Waals surface area (Å²) < 4.78 is 24.6. The minimum absolute atomic E-state index is 0.0849. The summed E-state index contributed by atoms with van der Waals surface area (Å²) in [5, 5.41) is 12.9. The van der Waals surface area contributed by atoms with Crippen molar-refractivity contribution in [3.05, 3.63) is 93.7 Å². The number of rotatable bonds is 7. The average molecular weight is 496 g/mol. The average Bonchev–Trinajstić information content (AvgIpc) is 2.78. The Bertz CT molecular complexity index is 1220. The molecule has 0 heterocycles. The highest BCUT2D eigenvalue weighted by Crippen LogP contribution is 2.22. The van der Waals surface area contributed by atoms with Gasteiger partial charge in [0.2, 0.25) is 0 Å². The van der Waals surface area contributed by atoms with Crippen molar-refractivity contribution in [3.63, 3.8) is 0 Å². The maximum Gasteiger partial charge on any atom is 0.343 e. The van der Waals surface area contributed by atoms with Gasteiger partial charge in [-0.1, -0.05) is 34.1 Å². The first-order valence-electron chi connectivity index (χ1n) is 9.17. The molecule has 0 saturated carbocycles. The van der Waals surface area contributed by atoms with Gasteiger partial charge in [-0.15, -0.1) is 0 Å². The minimum Gasteiger partial charge on any atom is -0.482 e. The van der Waals surface area contributed by atoms with Gasteiger partial charge in [-0.25, -0.2) is 14.6 Å². The molecular weight excluding hydrogens is 481 g/mol. The van der Waals surface area contributed by atoms with Gasteiger partial charge in [0.15, 0.2) is 6.61 Å². The third kappa shape index (κ3) is 6.48. The molecule has 1 N–H and O–H groups in total. The van der Waals surface area contributed by atoms with Crippen LogP contribution in [0, 0.1) is 17.1 Å².